The Labute approximate surface area is 163 Å². The van der Waals surface area contributed by atoms with Crippen molar-refractivity contribution < 1.29 is 24.2 Å². The smallest absolute Gasteiger partial charge is 0.335 e. The Bertz CT molecular complexity index is 847. The molecular weight excluding hydrogens is 362 g/mol. The van der Waals surface area contributed by atoms with Gasteiger partial charge in [0.05, 0.1) is 24.1 Å². The first-order chi connectivity index (χ1) is 13.4. The molecule has 0 aliphatic carbocycles. The van der Waals surface area contributed by atoms with E-state index in [1.54, 1.807) is 50.6 Å². The summed E-state index contributed by atoms with van der Waals surface area (Å²) in [6.45, 7) is 2.24. The lowest BCUT2D eigenvalue weighted by molar-refractivity contribution is -0.130. The highest BCUT2D eigenvalue weighted by molar-refractivity contribution is 5.88. The van der Waals surface area contributed by atoms with E-state index in [1.165, 1.54) is 17.0 Å². The molecule has 148 valence electrons. The van der Waals surface area contributed by atoms with Crippen molar-refractivity contribution in [3.05, 3.63) is 53.6 Å². The number of anilines is 1. The van der Waals surface area contributed by atoms with E-state index in [9.17, 15) is 9.59 Å². The molecule has 0 aliphatic rings. The maximum absolute atomic E-state index is 11.7. The van der Waals surface area contributed by atoms with Crippen molar-refractivity contribution >= 4 is 23.8 Å². The third-order valence-electron chi connectivity index (χ3n) is 3.66. The van der Waals surface area contributed by atoms with Crippen LogP contribution in [0.4, 0.5) is 5.69 Å². The molecule has 0 aromatic heterocycles. The van der Waals surface area contributed by atoms with E-state index in [2.05, 4.69) is 10.5 Å². The molecule has 0 radical (unpaired) electrons. The van der Waals surface area contributed by atoms with Crippen LogP contribution in [0, 0.1) is 0 Å². The number of aromatic carboxylic acids is 1. The van der Waals surface area contributed by atoms with Crippen molar-refractivity contribution in [2.75, 3.05) is 32.7 Å². The molecule has 0 unspecified atom stereocenters. The Balaban J connectivity index is 2.04. The Morgan fingerprint density at radius 1 is 1.11 bits per heavy atom. The predicted octanol–water partition coefficient (Wildman–Crippen LogP) is 2.70. The van der Waals surface area contributed by atoms with Crippen LogP contribution in [-0.4, -0.2) is 55.4 Å². The number of rotatable bonds is 9. The molecule has 2 N–H and O–H groups in total. The van der Waals surface area contributed by atoms with Crippen LogP contribution in [0.15, 0.2) is 47.6 Å². The molecule has 28 heavy (non-hydrogen) atoms. The van der Waals surface area contributed by atoms with Crippen molar-refractivity contribution in [1.82, 2.24) is 4.90 Å². The first-order valence-corrected chi connectivity index (χ1v) is 8.63. The van der Waals surface area contributed by atoms with Crippen molar-refractivity contribution in [2.45, 2.75) is 6.92 Å². The molecule has 8 nitrogen and oxygen atoms in total. The molecule has 0 spiro atoms. The van der Waals surface area contributed by atoms with Gasteiger partial charge in [-0.15, -0.1) is 0 Å². The average Bonchev–Trinajstić information content (AvgIpc) is 2.67. The SMILES string of the molecule is CCOc1cc(/C=N\Nc2ccc(C(=O)O)cc2)ccc1OCC(=O)N(C)C. The van der Waals surface area contributed by atoms with Crippen LogP contribution in [0.5, 0.6) is 11.5 Å². The maximum Gasteiger partial charge on any atom is 0.335 e. The summed E-state index contributed by atoms with van der Waals surface area (Å²) in [5.74, 6) is -0.130. The van der Waals surface area contributed by atoms with E-state index >= 15 is 0 Å². The Kier molecular flexibility index (Phi) is 7.38. The molecule has 0 heterocycles. The second-order valence-corrected chi connectivity index (χ2v) is 5.97. The topological polar surface area (TPSA) is 100 Å². The first kappa shape index (κ1) is 20.8. The summed E-state index contributed by atoms with van der Waals surface area (Å²) in [6, 6.07) is 11.5. The number of likely N-dealkylation sites (N-methyl/N-ethyl adjacent to an activating group) is 1. The minimum absolute atomic E-state index is 0.0750. The van der Waals surface area contributed by atoms with Crippen molar-refractivity contribution in [3.63, 3.8) is 0 Å². The lowest BCUT2D eigenvalue weighted by Crippen LogP contribution is -2.27. The average molecular weight is 385 g/mol. The molecule has 2 rings (SSSR count). The quantitative estimate of drug-likeness (QED) is 0.508. The van der Waals surface area contributed by atoms with Gasteiger partial charge in [-0.05, 0) is 55.0 Å². The molecule has 8 heteroatoms. The van der Waals surface area contributed by atoms with Gasteiger partial charge in [0.15, 0.2) is 18.1 Å². The molecule has 0 saturated carbocycles. The monoisotopic (exact) mass is 385 g/mol. The highest BCUT2D eigenvalue weighted by Crippen LogP contribution is 2.28. The number of hydrogen-bond donors (Lipinski definition) is 2. The zero-order chi connectivity index (χ0) is 20.5. The van der Waals surface area contributed by atoms with Gasteiger partial charge in [-0.1, -0.05) is 0 Å². The summed E-state index contributed by atoms with van der Waals surface area (Å²) in [6.07, 6.45) is 1.60. The number of carboxylic acid groups (broad SMARTS) is 1. The van der Waals surface area contributed by atoms with Gasteiger partial charge in [-0.3, -0.25) is 10.2 Å². The van der Waals surface area contributed by atoms with Crippen LogP contribution >= 0.6 is 0 Å². The van der Waals surface area contributed by atoms with Crippen LogP contribution in [0.2, 0.25) is 0 Å². The number of benzene rings is 2. The number of carbonyl (C=O) groups excluding carboxylic acids is 1. The highest BCUT2D eigenvalue weighted by atomic mass is 16.5. The van der Waals surface area contributed by atoms with E-state index in [1.807, 2.05) is 6.92 Å². The van der Waals surface area contributed by atoms with E-state index in [0.717, 1.165) is 5.56 Å². The van der Waals surface area contributed by atoms with E-state index in [-0.39, 0.29) is 18.1 Å². The summed E-state index contributed by atoms with van der Waals surface area (Å²) in [5.41, 5.74) is 4.47. The lowest BCUT2D eigenvalue weighted by atomic mass is 10.2. The van der Waals surface area contributed by atoms with E-state index < -0.39 is 5.97 Å². The minimum atomic E-state index is -0.979. The molecule has 2 aromatic carbocycles. The number of hydrogen-bond acceptors (Lipinski definition) is 6. The molecule has 0 atom stereocenters. The zero-order valence-electron chi connectivity index (χ0n) is 16.0. The van der Waals surface area contributed by atoms with E-state index in [0.29, 0.717) is 23.8 Å². The number of amides is 1. The third-order valence-corrected chi connectivity index (χ3v) is 3.66. The number of ether oxygens (including phenoxy) is 2. The molecule has 0 saturated heterocycles. The van der Waals surface area contributed by atoms with Gasteiger partial charge in [-0.25, -0.2) is 4.79 Å². The summed E-state index contributed by atoms with van der Waals surface area (Å²) >= 11 is 0. The third kappa shape index (κ3) is 6.01. The number of carboxylic acids is 1. The fourth-order valence-electron chi connectivity index (χ4n) is 2.13. The van der Waals surface area contributed by atoms with Crippen LogP contribution in [-0.2, 0) is 4.79 Å². The highest BCUT2D eigenvalue weighted by Gasteiger charge is 2.10. The fourth-order valence-corrected chi connectivity index (χ4v) is 2.13. The molecule has 0 fully saturated rings. The summed E-state index contributed by atoms with van der Waals surface area (Å²) < 4.78 is 11.1. The Morgan fingerprint density at radius 2 is 1.82 bits per heavy atom. The summed E-state index contributed by atoms with van der Waals surface area (Å²) in [7, 11) is 3.33. The lowest BCUT2D eigenvalue weighted by Gasteiger charge is -2.14. The van der Waals surface area contributed by atoms with Gasteiger partial charge in [0, 0.05) is 14.1 Å². The normalized spacial score (nSPS) is 10.5. The minimum Gasteiger partial charge on any atom is -0.490 e. The second-order valence-electron chi connectivity index (χ2n) is 5.97. The van der Waals surface area contributed by atoms with Gasteiger partial charge in [0.2, 0.25) is 0 Å². The second kappa shape index (κ2) is 9.96. The van der Waals surface area contributed by atoms with Gasteiger partial charge in [-0.2, -0.15) is 5.10 Å². The molecule has 0 aliphatic heterocycles. The number of nitrogens with one attached hydrogen (secondary N) is 1. The molecular formula is C20H23N3O5. The maximum atomic E-state index is 11.7. The molecule has 2 aromatic rings. The van der Waals surface area contributed by atoms with Crippen molar-refractivity contribution in [2.24, 2.45) is 5.10 Å². The van der Waals surface area contributed by atoms with E-state index in [4.69, 9.17) is 14.6 Å². The molecule has 0 bridgehead atoms. The summed E-state index contributed by atoms with van der Waals surface area (Å²) in [5, 5.41) is 13.0. The summed E-state index contributed by atoms with van der Waals surface area (Å²) in [4.78, 5) is 24.0. The zero-order valence-corrected chi connectivity index (χ0v) is 16.0. The first-order valence-electron chi connectivity index (χ1n) is 8.63. The van der Waals surface area contributed by atoms with Gasteiger partial charge < -0.3 is 19.5 Å². The van der Waals surface area contributed by atoms with Crippen LogP contribution in [0.25, 0.3) is 0 Å². The van der Waals surface area contributed by atoms with Crippen LogP contribution in [0.1, 0.15) is 22.8 Å². The standard InChI is InChI=1S/C20H23N3O5/c1-4-27-18-11-14(5-10-17(18)28-13-19(24)23(2)3)12-21-22-16-8-6-15(7-9-16)20(25)26/h5-12,22H,4,13H2,1-3H3,(H,25,26)/b21-12-. The number of carbonyl (C=O) groups is 2. The Hall–Kier alpha value is -3.55. The molecule has 1 amide bonds. The van der Waals surface area contributed by atoms with Gasteiger partial charge in [0.1, 0.15) is 0 Å². The van der Waals surface area contributed by atoms with Crippen LogP contribution in [0.3, 0.4) is 0 Å². The predicted molar refractivity (Wildman–Crippen MR) is 106 cm³/mol. The fraction of sp³-hybridized carbons (Fsp3) is 0.250. The van der Waals surface area contributed by atoms with Gasteiger partial charge >= 0.3 is 5.97 Å². The van der Waals surface area contributed by atoms with Crippen molar-refractivity contribution in [1.29, 1.82) is 0 Å². The van der Waals surface area contributed by atoms with Crippen LogP contribution < -0.4 is 14.9 Å². The number of nitrogens with zero attached hydrogens (tertiary/aromatic N) is 2. The number of hydrazone groups is 1. The Morgan fingerprint density at radius 3 is 2.43 bits per heavy atom. The largest absolute Gasteiger partial charge is 0.490 e. The van der Waals surface area contributed by atoms with Crippen molar-refractivity contribution in [3.8, 4) is 11.5 Å². The van der Waals surface area contributed by atoms with Gasteiger partial charge in [0.25, 0.3) is 5.91 Å².